The Bertz CT molecular complexity index is 629. The molecule has 1 aromatic heterocycles. The normalized spacial score (nSPS) is 9.90. The number of hydrogen-bond acceptors (Lipinski definition) is 5. The third-order valence-electron chi connectivity index (χ3n) is 2.74. The van der Waals surface area contributed by atoms with E-state index in [0.29, 0.717) is 22.7 Å². The minimum atomic E-state index is -0.359. The van der Waals surface area contributed by atoms with E-state index in [1.807, 2.05) is 0 Å². The number of ether oxygens (including phenoxy) is 2. The summed E-state index contributed by atoms with van der Waals surface area (Å²) in [4.78, 5) is 16.1. The van der Waals surface area contributed by atoms with Gasteiger partial charge in [0.2, 0.25) is 0 Å². The second kappa shape index (κ2) is 5.92. The predicted octanol–water partition coefficient (Wildman–Crippen LogP) is 1.93. The molecule has 3 N–H and O–H groups in total. The molecule has 0 aliphatic carbocycles. The molecule has 0 aliphatic heterocycles. The van der Waals surface area contributed by atoms with Crippen molar-refractivity contribution >= 4 is 17.4 Å². The van der Waals surface area contributed by atoms with Crippen LogP contribution in [0.1, 0.15) is 10.4 Å². The van der Waals surface area contributed by atoms with Crippen molar-refractivity contribution in [2.45, 2.75) is 0 Å². The maximum atomic E-state index is 12.2. The maximum absolute atomic E-state index is 12.2. The quantitative estimate of drug-likeness (QED) is 0.889. The van der Waals surface area contributed by atoms with Gasteiger partial charge in [-0.05, 0) is 24.3 Å². The molecule has 2 aromatic rings. The minimum Gasteiger partial charge on any atom is -0.497 e. The van der Waals surface area contributed by atoms with Gasteiger partial charge in [0, 0.05) is 12.3 Å². The number of nitrogen functional groups attached to an aromatic ring is 1. The van der Waals surface area contributed by atoms with E-state index in [1.165, 1.54) is 13.3 Å². The van der Waals surface area contributed by atoms with Crippen LogP contribution in [-0.4, -0.2) is 25.1 Å². The monoisotopic (exact) mass is 273 g/mol. The van der Waals surface area contributed by atoms with Gasteiger partial charge in [0.05, 0.1) is 25.5 Å². The Morgan fingerprint density at radius 3 is 2.70 bits per heavy atom. The molecule has 20 heavy (non-hydrogen) atoms. The van der Waals surface area contributed by atoms with Gasteiger partial charge in [-0.2, -0.15) is 0 Å². The molecule has 0 bridgehead atoms. The van der Waals surface area contributed by atoms with Crippen LogP contribution in [0.4, 0.5) is 11.5 Å². The fourth-order valence-electron chi connectivity index (χ4n) is 1.71. The van der Waals surface area contributed by atoms with E-state index in [2.05, 4.69) is 10.3 Å². The van der Waals surface area contributed by atoms with Crippen LogP contribution in [0, 0.1) is 0 Å². The van der Waals surface area contributed by atoms with Gasteiger partial charge >= 0.3 is 0 Å². The van der Waals surface area contributed by atoms with Gasteiger partial charge < -0.3 is 20.5 Å². The van der Waals surface area contributed by atoms with Crippen LogP contribution in [-0.2, 0) is 0 Å². The zero-order chi connectivity index (χ0) is 14.5. The minimum absolute atomic E-state index is 0.173. The molecule has 1 amide bonds. The number of carbonyl (C=O) groups excluding carboxylic acids is 1. The highest BCUT2D eigenvalue weighted by molar-refractivity contribution is 6.07. The summed E-state index contributed by atoms with van der Waals surface area (Å²) >= 11 is 0. The van der Waals surface area contributed by atoms with Gasteiger partial charge in [-0.15, -0.1) is 0 Å². The Morgan fingerprint density at radius 1 is 1.25 bits per heavy atom. The standard InChI is InChI=1S/C14H15N3O3/c1-19-9-5-6-12(20-2)11(8-9)17-14(18)10-4-3-7-16-13(10)15/h3-8H,1-2H3,(H2,15,16)(H,17,18). The van der Waals surface area contributed by atoms with Crippen molar-refractivity contribution < 1.29 is 14.3 Å². The number of carbonyl (C=O) groups is 1. The third kappa shape index (κ3) is 2.80. The molecule has 6 nitrogen and oxygen atoms in total. The summed E-state index contributed by atoms with van der Waals surface area (Å²) in [5.41, 5.74) is 6.48. The number of nitrogens with two attached hydrogens (primary N) is 1. The lowest BCUT2D eigenvalue weighted by Gasteiger charge is -2.12. The van der Waals surface area contributed by atoms with Crippen LogP contribution in [0.15, 0.2) is 36.5 Å². The van der Waals surface area contributed by atoms with Crippen LogP contribution in [0.5, 0.6) is 11.5 Å². The van der Waals surface area contributed by atoms with Gasteiger partial charge in [0.25, 0.3) is 5.91 Å². The Labute approximate surface area is 116 Å². The summed E-state index contributed by atoms with van der Waals surface area (Å²) in [7, 11) is 3.07. The van der Waals surface area contributed by atoms with Crippen LogP contribution >= 0.6 is 0 Å². The Balaban J connectivity index is 2.29. The lowest BCUT2D eigenvalue weighted by atomic mass is 10.2. The summed E-state index contributed by atoms with van der Waals surface area (Å²) in [6.45, 7) is 0. The van der Waals surface area contributed by atoms with Crippen molar-refractivity contribution in [1.29, 1.82) is 0 Å². The molecule has 1 aromatic carbocycles. The Morgan fingerprint density at radius 2 is 2.05 bits per heavy atom. The molecule has 2 rings (SSSR count). The summed E-state index contributed by atoms with van der Waals surface area (Å²) < 4.78 is 10.3. The number of methoxy groups -OCH3 is 2. The molecular weight excluding hydrogens is 258 g/mol. The maximum Gasteiger partial charge on any atom is 0.259 e. The van der Waals surface area contributed by atoms with Crippen LogP contribution in [0.3, 0.4) is 0 Å². The van der Waals surface area contributed by atoms with Crippen molar-refractivity contribution in [3.63, 3.8) is 0 Å². The fraction of sp³-hybridized carbons (Fsp3) is 0.143. The first kappa shape index (κ1) is 13.7. The largest absolute Gasteiger partial charge is 0.497 e. The summed E-state index contributed by atoms with van der Waals surface area (Å²) in [5.74, 6) is 0.955. The average Bonchev–Trinajstić information content (AvgIpc) is 2.47. The number of rotatable bonds is 4. The molecule has 0 spiro atoms. The summed E-state index contributed by atoms with van der Waals surface area (Å²) in [6, 6.07) is 8.37. The number of pyridine rings is 1. The first-order chi connectivity index (χ1) is 9.65. The van der Waals surface area contributed by atoms with Crippen molar-refractivity contribution in [3.8, 4) is 11.5 Å². The fourth-order valence-corrected chi connectivity index (χ4v) is 1.71. The van der Waals surface area contributed by atoms with E-state index < -0.39 is 0 Å². The Kier molecular flexibility index (Phi) is 4.05. The highest BCUT2D eigenvalue weighted by Gasteiger charge is 2.13. The van der Waals surface area contributed by atoms with Crippen molar-refractivity contribution in [3.05, 3.63) is 42.1 Å². The molecule has 0 unspecified atom stereocenters. The second-order valence-corrected chi connectivity index (χ2v) is 3.96. The molecule has 0 fully saturated rings. The van der Waals surface area contributed by atoms with Crippen molar-refractivity contribution in [2.75, 3.05) is 25.3 Å². The molecule has 104 valence electrons. The molecular formula is C14H15N3O3. The van der Waals surface area contributed by atoms with Gasteiger partial charge in [-0.1, -0.05) is 0 Å². The second-order valence-electron chi connectivity index (χ2n) is 3.96. The van der Waals surface area contributed by atoms with E-state index in [4.69, 9.17) is 15.2 Å². The zero-order valence-electron chi connectivity index (χ0n) is 11.2. The average molecular weight is 273 g/mol. The molecule has 0 radical (unpaired) electrons. The predicted molar refractivity (Wildman–Crippen MR) is 76.1 cm³/mol. The molecule has 6 heteroatoms. The van der Waals surface area contributed by atoms with E-state index in [-0.39, 0.29) is 11.7 Å². The molecule has 0 saturated carbocycles. The first-order valence-corrected chi connectivity index (χ1v) is 5.89. The molecule has 0 saturated heterocycles. The van der Waals surface area contributed by atoms with Crippen LogP contribution < -0.4 is 20.5 Å². The number of nitrogens with zero attached hydrogens (tertiary/aromatic N) is 1. The Hall–Kier alpha value is -2.76. The molecule has 1 heterocycles. The van der Waals surface area contributed by atoms with Gasteiger partial charge in [0.1, 0.15) is 17.3 Å². The SMILES string of the molecule is COc1ccc(OC)c(NC(=O)c2cccnc2N)c1. The smallest absolute Gasteiger partial charge is 0.259 e. The van der Waals surface area contributed by atoms with Crippen molar-refractivity contribution in [2.24, 2.45) is 0 Å². The third-order valence-corrected chi connectivity index (χ3v) is 2.74. The van der Waals surface area contributed by atoms with Gasteiger partial charge in [-0.3, -0.25) is 4.79 Å². The number of benzene rings is 1. The van der Waals surface area contributed by atoms with Gasteiger partial charge in [0.15, 0.2) is 0 Å². The number of aromatic nitrogens is 1. The zero-order valence-corrected chi connectivity index (χ0v) is 11.2. The van der Waals surface area contributed by atoms with Crippen molar-refractivity contribution in [1.82, 2.24) is 4.98 Å². The summed E-state index contributed by atoms with van der Waals surface area (Å²) in [5, 5.41) is 2.73. The van der Waals surface area contributed by atoms with E-state index in [0.717, 1.165) is 0 Å². The number of hydrogen-bond donors (Lipinski definition) is 2. The van der Waals surface area contributed by atoms with E-state index >= 15 is 0 Å². The number of anilines is 2. The lowest BCUT2D eigenvalue weighted by Crippen LogP contribution is -2.15. The first-order valence-electron chi connectivity index (χ1n) is 5.89. The number of nitrogens with one attached hydrogen (secondary N) is 1. The molecule has 0 atom stereocenters. The van der Waals surface area contributed by atoms with Crippen LogP contribution in [0.2, 0.25) is 0 Å². The van der Waals surface area contributed by atoms with E-state index in [1.54, 1.807) is 37.4 Å². The highest BCUT2D eigenvalue weighted by atomic mass is 16.5. The lowest BCUT2D eigenvalue weighted by molar-refractivity contribution is 0.102. The van der Waals surface area contributed by atoms with Gasteiger partial charge in [-0.25, -0.2) is 4.98 Å². The summed E-state index contributed by atoms with van der Waals surface area (Å²) in [6.07, 6.45) is 1.53. The van der Waals surface area contributed by atoms with E-state index in [9.17, 15) is 4.79 Å². The molecule has 0 aliphatic rings. The highest BCUT2D eigenvalue weighted by Crippen LogP contribution is 2.29. The number of amides is 1. The topological polar surface area (TPSA) is 86.5 Å². The van der Waals surface area contributed by atoms with Crippen LogP contribution in [0.25, 0.3) is 0 Å².